The maximum Gasteiger partial charge on any atom is 0.257 e. The maximum absolute atomic E-state index is 12.9. The van der Waals surface area contributed by atoms with Crippen LogP contribution >= 0.6 is 0 Å². The molecule has 0 bridgehead atoms. The maximum atomic E-state index is 12.9. The summed E-state index contributed by atoms with van der Waals surface area (Å²) in [6.45, 7) is 1.91. The van der Waals surface area contributed by atoms with Crippen molar-refractivity contribution in [1.82, 2.24) is 24.6 Å². The van der Waals surface area contributed by atoms with Crippen molar-refractivity contribution in [2.75, 3.05) is 0 Å². The molecule has 1 fully saturated rings. The molecule has 0 unspecified atom stereocenters. The van der Waals surface area contributed by atoms with E-state index in [0.29, 0.717) is 11.2 Å². The zero-order valence-electron chi connectivity index (χ0n) is 17.3. The first-order valence-electron chi connectivity index (χ1n) is 10.7. The second-order valence-corrected chi connectivity index (χ2v) is 10.2. The average Bonchev–Trinajstić information content (AvgIpc) is 3.47. The van der Waals surface area contributed by atoms with E-state index in [1.165, 1.54) is 6.20 Å². The fourth-order valence-corrected chi connectivity index (χ4v) is 5.93. The van der Waals surface area contributed by atoms with E-state index in [1.807, 2.05) is 19.2 Å². The molecule has 8 nitrogen and oxygen atoms in total. The molecule has 1 atom stereocenters. The molecule has 2 aromatic heterocycles. The summed E-state index contributed by atoms with van der Waals surface area (Å²) < 4.78 is 30.1. The molecule has 31 heavy (non-hydrogen) atoms. The Morgan fingerprint density at radius 2 is 1.97 bits per heavy atom. The van der Waals surface area contributed by atoms with Gasteiger partial charge in [0.25, 0.3) is 5.91 Å². The number of hydrogen-bond donors (Lipinski definition) is 2. The van der Waals surface area contributed by atoms with Gasteiger partial charge in [-0.25, -0.2) is 22.6 Å². The minimum Gasteiger partial charge on any atom is -0.345 e. The van der Waals surface area contributed by atoms with Gasteiger partial charge in [-0.05, 0) is 61.4 Å². The highest BCUT2D eigenvalue weighted by Gasteiger charge is 2.29. The largest absolute Gasteiger partial charge is 0.345 e. The molecule has 2 aliphatic carbocycles. The Morgan fingerprint density at radius 3 is 2.77 bits per heavy atom. The highest BCUT2D eigenvalue weighted by atomic mass is 32.2. The number of carbonyl (C=O) groups excluding carboxylic acids is 1. The lowest BCUT2D eigenvalue weighted by molar-refractivity contribution is 0.0938. The molecule has 1 amide bonds. The summed E-state index contributed by atoms with van der Waals surface area (Å²) >= 11 is 0. The molecule has 0 radical (unpaired) electrons. The number of aromatic nitrogens is 3. The molecule has 5 rings (SSSR count). The van der Waals surface area contributed by atoms with Crippen molar-refractivity contribution in [3.05, 3.63) is 59.0 Å². The van der Waals surface area contributed by atoms with Gasteiger partial charge in [0.2, 0.25) is 10.0 Å². The van der Waals surface area contributed by atoms with Crippen LogP contribution < -0.4 is 10.0 Å². The van der Waals surface area contributed by atoms with Crippen molar-refractivity contribution in [1.29, 1.82) is 0 Å². The lowest BCUT2D eigenvalue weighted by Gasteiger charge is -2.16. The van der Waals surface area contributed by atoms with Crippen LogP contribution in [0.1, 0.15) is 65.2 Å². The van der Waals surface area contributed by atoms with Gasteiger partial charge in [-0.15, -0.1) is 0 Å². The van der Waals surface area contributed by atoms with Gasteiger partial charge < -0.3 is 5.32 Å². The highest BCUT2D eigenvalue weighted by Crippen LogP contribution is 2.33. The molecule has 1 saturated carbocycles. The van der Waals surface area contributed by atoms with Crippen molar-refractivity contribution in [2.45, 2.75) is 62.4 Å². The number of fused-ring (bicyclic) bond motifs is 2. The van der Waals surface area contributed by atoms with Gasteiger partial charge in [0.1, 0.15) is 5.56 Å². The number of benzene rings is 1. The topological polar surface area (TPSA) is 105 Å². The predicted molar refractivity (Wildman–Crippen MR) is 115 cm³/mol. The summed E-state index contributed by atoms with van der Waals surface area (Å²) in [6.07, 6.45) is 10.4. The van der Waals surface area contributed by atoms with E-state index >= 15 is 0 Å². The third-order valence-electron chi connectivity index (χ3n) is 6.22. The minimum absolute atomic E-state index is 0.0144. The number of amides is 1. The highest BCUT2D eigenvalue weighted by molar-refractivity contribution is 7.89. The Hall–Kier alpha value is -2.78. The Kier molecular flexibility index (Phi) is 5.02. The Balaban J connectivity index is 1.38. The molecule has 162 valence electrons. The number of nitrogens with one attached hydrogen (secondary N) is 2. The second-order valence-electron chi connectivity index (χ2n) is 8.49. The Bertz CT molecular complexity index is 1260. The first kappa shape index (κ1) is 20.1. The quantitative estimate of drug-likeness (QED) is 0.636. The van der Waals surface area contributed by atoms with Gasteiger partial charge >= 0.3 is 0 Å². The van der Waals surface area contributed by atoms with E-state index in [4.69, 9.17) is 0 Å². The van der Waals surface area contributed by atoms with Gasteiger partial charge in [-0.2, -0.15) is 5.10 Å². The van der Waals surface area contributed by atoms with Crippen LogP contribution in [-0.4, -0.2) is 35.0 Å². The minimum atomic E-state index is -3.58. The summed E-state index contributed by atoms with van der Waals surface area (Å²) in [5, 5.41) is 7.27. The van der Waals surface area contributed by atoms with Crippen molar-refractivity contribution in [3.63, 3.8) is 0 Å². The molecule has 0 spiro atoms. The summed E-state index contributed by atoms with van der Waals surface area (Å²) in [5.41, 5.74) is 3.78. The normalized spacial score (nSPS) is 19.1. The first-order chi connectivity index (χ1) is 14.9. The lowest BCUT2D eigenvalue weighted by Crippen LogP contribution is -2.33. The second kappa shape index (κ2) is 7.72. The zero-order valence-corrected chi connectivity index (χ0v) is 18.2. The third kappa shape index (κ3) is 3.83. The van der Waals surface area contributed by atoms with Crippen molar-refractivity contribution < 1.29 is 13.2 Å². The van der Waals surface area contributed by atoms with Crippen LogP contribution in [0, 0.1) is 6.92 Å². The number of nitrogens with zero attached hydrogens (tertiary/aromatic N) is 3. The molecule has 0 aliphatic heterocycles. The van der Waals surface area contributed by atoms with Crippen molar-refractivity contribution >= 4 is 21.6 Å². The van der Waals surface area contributed by atoms with Crippen LogP contribution in [0.15, 0.2) is 41.7 Å². The van der Waals surface area contributed by atoms with Gasteiger partial charge in [-0.3, -0.25) is 4.79 Å². The average molecular weight is 440 g/mol. The Labute approximate surface area is 181 Å². The number of hydrogen-bond acceptors (Lipinski definition) is 5. The third-order valence-corrected chi connectivity index (χ3v) is 7.74. The summed E-state index contributed by atoms with van der Waals surface area (Å²) in [5.74, 6) is -0.262. The van der Waals surface area contributed by atoms with Gasteiger partial charge in [-0.1, -0.05) is 18.9 Å². The molecule has 2 heterocycles. The molecule has 2 aliphatic rings. The summed E-state index contributed by atoms with van der Waals surface area (Å²) in [6, 6.07) is 5.01. The predicted octanol–water partition coefficient (Wildman–Crippen LogP) is 2.68. The van der Waals surface area contributed by atoms with Crippen LogP contribution in [0.2, 0.25) is 0 Å². The van der Waals surface area contributed by atoms with Crippen LogP contribution in [0.5, 0.6) is 0 Å². The smallest absolute Gasteiger partial charge is 0.257 e. The molecule has 3 aromatic rings. The standard InChI is InChI=1S/C22H25N5O3S/c1-14-11-23-21-19(12-24-27(21)13-14)22(28)25-20-9-7-15-6-8-17(10-18(15)20)31(29,30)26-16-4-2-3-5-16/h6,8,10-13,16,20,26H,2-5,7,9H2,1H3,(H,25,28)/t20-/m0/s1. The van der Waals surface area contributed by atoms with Crippen LogP contribution in [0.25, 0.3) is 5.65 Å². The molecule has 0 saturated heterocycles. The van der Waals surface area contributed by atoms with E-state index in [2.05, 4.69) is 20.1 Å². The van der Waals surface area contributed by atoms with Gasteiger partial charge in [0, 0.05) is 18.4 Å². The van der Waals surface area contributed by atoms with E-state index in [0.717, 1.165) is 55.2 Å². The number of rotatable bonds is 5. The Morgan fingerprint density at radius 1 is 1.16 bits per heavy atom. The zero-order chi connectivity index (χ0) is 21.6. The van der Waals surface area contributed by atoms with E-state index in [-0.39, 0.29) is 22.9 Å². The van der Waals surface area contributed by atoms with Gasteiger partial charge in [0.05, 0.1) is 17.1 Å². The number of sulfonamides is 1. The fraction of sp³-hybridized carbons (Fsp3) is 0.409. The van der Waals surface area contributed by atoms with Gasteiger partial charge in [0.15, 0.2) is 5.65 Å². The SMILES string of the molecule is Cc1cnc2c(C(=O)N[C@H]3CCc4ccc(S(=O)(=O)NC5CCCC5)cc43)cnn2c1. The van der Waals surface area contributed by atoms with E-state index < -0.39 is 10.0 Å². The van der Waals surface area contributed by atoms with Crippen molar-refractivity contribution in [2.24, 2.45) is 0 Å². The molecular formula is C22H25N5O3S. The summed E-state index contributed by atoms with van der Waals surface area (Å²) in [7, 11) is -3.58. The van der Waals surface area contributed by atoms with Crippen molar-refractivity contribution in [3.8, 4) is 0 Å². The molecular weight excluding hydrogens is 414 g/mol. The van der Waals surface area contributed by atoms with Crippen LogP contribution in [0.4, 0.5) is 0 Å². The number of aryl methyl sites for hydroxylation is 2. The van der Waals surface area contributed by atoms with Crippen LogP contribution in [-0.2, 0) is 16.4 Å². The molecule has 9 heteroatoms. The molecule has 1 aromatic carbocycles. The monoisotopic (exact) mass is 439 g/mol. The van der Waals surface area contributed by atoms with E-state index in [9.17, 15) is 13.2 Å². The van der Waals surface area contributed by atoms with Crippen LogP contribution in [0.3, 0.4) is 0 Å². The lowest BCUT2D eigenvalue weighted by atomic mass is 10.1. The summed E-state index contributed by atoms with van der Waals surface area (Å²) in [4.78, 5) is 17.5. The number of carbonyl (C=O) groups is 1. The molecule has 2 N–H and O–H groups in total. The first-order valence-corrected chi connectivity index (χ1v) is 12.1. The fourth-order valence-electron chi connectivity index (χ4n) is 4.59. The van der Waals surface area contributed by atoms with E-state index in [1.54, 1.807) is 22.8 Å².